The molecule has 1 atom stereocenters. The monoisotopic (exact) mass is 410 g/mol. The van der Waals surface area contributed by atoms with Crippen molar-refractivity contribution in [1.82, 2.24) is 15.5 Å². The van der Waals surface area contributed by atoms with Crippen LogP contribution in [0.25, 0.3) is 0 Å². The van der Waals surface area contributed by atoms with Crippen LogP contribution < -0.4 is 10.6 Å². The summed E-state index contributed by atoms with van der Waals surface area (Å²) in [5, 5.41) is 6.74. The fraction of sp³-hybridized carbons (Fsp3) is 0.933. The molecular weight excluding hydrogens is 379 g/mol. The van der Waals surface area contributed by atoms with Crippen molar-refractivity contribution in [2.45, 2.75) is 51.7 Å². The maximum absolute atomic E-state index is 5.61. The van der Waals surface area contributed by atoms with Crippen LogP contribution in [0.2, 0.25) is 0 Å². The Hall–Kier alpha value is -0.0800. The lowest BCUT2D eigenvalue weighted by Crippen LogP contribution is -2.42. The van der Waals surface area contributed by atoms with Gasteiger partial charge in [-0.25, -0.2) is 0 Å². The number of likely N-dealkylation sites (N-methyl/N-ethyl adjacent to an activating group) is 1. The van der Waals surface area contributed by atoms with Gasteiger partial charge in [0.1, 0.15) is 0 Å². The van der Waals surface area contributed by atoms with Crippen LogP contribution in [0, 0.1) is 0 Å². The fourth-order valence-corrected chi connectivity index (χ4v) is 2.68. The van der Waals surface area contributed by atoms with E-state index in [4.69, 9.17) is 4.74 Å². The lowest BCUT2D eigenvalue weighted by molar-refractivity contribution is 0.117. The van der Waals surface area contributed by atoms with E-state index >= 15 is 0 Å². The minimum atomic E-state index is 0. The lowest BCUT2D eigenvalue weighted by Gasteiger charge is -2.21. The molecule has 2 rings (SSSR count). The van der Waals surface area contributed by atoms with E-state index < -0.39 is 0 Å². The first-order valence-corrected chi connectivity index (χ1v) is 8.21. The average Bonchev–Trinajstić information content (AvgIpc) is 3.16. The number of guanidine groups is 1. The van der Waals surface area contributed by atoms with Gasteiger partial charge in [-0.05, 0) is 39.2 Å². The minimum absolute atomic E-state index is 0. The van der Waals surface area contributed by atoms with E-state index in [0.717, 1.165) is 57.8 Å². The van der Waals surface area contributed by atoms with Crippen LogP contribution in [0.3, 0.4) is 0 Å². The average molecular weight is 410 g/mol. The van der Waals surface area contributed by atoms with Crippen molar-refractivity contribution in [3.8, 4) is 0 Å². The van der Waals surface area contributed by atoms with Gasteiger partial charge >= 0.3 is 0 Å². The second-order valence-corrected chi connectivity index (χ2v) is 5.64. The first kappa shape index (κ1) is 19.0. The third-order valence-electron chi connectivity index (χ3n) is 3.98. The van der Waals surface area contributed by atoms with E-state index in [0.29, 0.717) is 6.10 Å². The second-order valence-electron chi connectivity index (χ2n) is 5.64. The fourth-order valence-electron chi connectivity index (χ4n) is 2.68. The first-order chi connectivity index (χ1) is 9.83. The van der Waals surface area contributed by atoms with Crippen LogP contribution in [-0.4, -0.2) is 62.3 Å². The van der Waals surface area contributed by atoms with Gasteiger partial charge in [-0.15, -0.1) is 24.0 Å². The molecule has 0 aromatic rings. The Kier molecular flexibility index (Phi) is 9.59. The summed E-state index contributed by atoms with van der Waals surface area (Å²) in [6, 6.07) is 0.841. The predicted octanol–water partition coefficient (Wildman–Crippen LogP) is 1.82. The van der Waals surface area contributed by atoms with Gasteiger partial charge in [0.2, 0.25) is 0 Å². The Labute approximate surface area is 146 Å². The van der Waals surface area contributed by atoms with Gasteiger partial charge in [0.05, 0.1) is 12.6 Å². The molecule has 1 heterocycles. The third-order valence-corrected chi connectivity index (χ3v) is 3.98. The van der Waals surface area contributed by atoms with E-state index in [-0.39, 0.29) is 24.0 Å². The van der Waals surface area contributed by atoms with Crippen LogP contribution in [0.15, 0.2) is 4.99 Å². The molecule has 124 valence electrons. The zero-order chi connectivity index (χ0) is 14.2. The largest absolute Gasteiger partial charge is 0.376 e. The van der Waals surface area contributed by atoms with Crippen molar-refractivity contribution in [3.05, 3.63) is 0 Å². The Morgan fingerprint density at radius 1 is 1.24 bits per heavy atom. The molecule has 0 amide bonds. The van der Waals surface area contributed by atoms with Crippen LogP contribution in [-0.2, 0) is 4.74 Å². The van der Waals surface area contributed by atoms with Crippen LogP contribution in [0.1, 0.15) is 39.5 Å². The Morgan fingerprint density at radius 2 is 2.05 bits per heavy atom. The molecule has 0 spiro atoms. The number of halogens is 1. The molecule has 21 heavy (non-hydrogen) atoms. The first-order valence-electron chi connectivity index (χ1n) is 8.21. The van der Waals surface area contributed by atoms with E-state index in [9.17, 15) is 0 Å². The summed E-state index contributed by atoms with van der Waals surface area (Å²) in [5.74, 6) is 0.926. The molecule has 1 aliphatic heterocycles. The molecule has 0 aromatic carbocycles. The van der Waals surface area contributed by atoms with E-state index in [1.165, 1.54) is 19.3 Å². The summed E-state index contributed by atoms with van der Waals surface area (Å²) < 4.78 is 5.61. The van der Waals surface area contributed by atoms with Crippen molar-refractivity contribution in [2.75, 3.05) is 39.3 Å². The summed E-state index contributed by atoms with van der Waals surface area (Å²) in [4.78, 5) is 7.18. The summed E-state index contributed by atoms with van der Waals surface area (Å²) in [6.07, 6.45) is 5.40. The molecule has 2 fully saturated rings. The predicted molar refractivity (Wildman–Crippen MR) is 98.6 cm³/mol. The number of ether oxygens (including phenoxy) is 1. The Bertz CT molecular complexity index is 304. The number of nitrogens with zero attached hydrogens (tertiary/aromatic N) is 2. The standard InChI is InChI=1S/C15H30N4O.HI/c1-3-16-15(18-12-14-6-5-11-20-14)17-9-10-19(4-2)13-7-8-13;/h13-14H,3-12H2,1-2H3,(H2,16,17,18);1H. The highest BCUT2D eigenvalue weighted by Gasteiger charge is 2.27. The number of nitrogens with one attached hydrogen (secondary N) is 2. The van der Waals surface area contributed by atoms with Crippen molar-refractivity contribution in [1.29, 1.82) is 0 Å². The van der Waals surface area contributed by atoms with Gasteiger partial charge in [-0.2, -0.15) is 0 Å². The summed E-state index contributed by atoms with van der Waals surface area (Å²) >= 11 is 0. The summed E-state index contributed by atoms with van der Waals surface area (Å²) in [5.41, 5.74) is 0. The van der Waals surface area contributed by atoms with Crippen molar-refractivity contribution in [3.63, 3.8) is 0 Å². The van der Waals surface area contributed by atoms with Crippen molar-refractivity contribution >= 4 is 29.9 Å². The molecule has 1 saturated carbocycles. The highest BCUT2D eigenvalue weighted by atomic mass is 127. The third kappa shape index (κ3) is 7.15. The molecule has 0 radical (unpaired) electrons. The highest BCUT2D eigenvalue weighted by Crippen LogP contribution is 2.25. The maximum atomic E-state index is 5.61. The van der Waals surface area contributed by atoms with Gasteiger partial charge in [0.15, 0.2) is 5.96 Å². The Balaban J connectivity index is 0.00000220. The zero-order valence-corrected chi connectivity index (χ0v) is 15.8. The molecule has 0 aromatic heterocycles. The van der Waals surface area contributed by atoms with Crippen LogP contribution >= 0.6 is 24.0 Å². The van der Waals surface area contributed by atoms with Gasteiger partial charge in [0, 0.05) is 32.3 Å². The second kappa shape index (κ2) is 10.6. The quantitative estimate of drug-likeness (QED) is 0.364. The maximum Gasteiger partial charge on any atom is 0.191 e. The highest BCUT2D eigenvalue weighted by molar-refractivity contribution is 14.0. The molecule has 2 aliphatic rings. The molecule has 0 bridgehead atoms. The number of aliphatic imine (C=N–C) groups is 1. The van der Waals surface area contributed by atoms with Crippen LogP contribution in [0.4, 0.5) is 0 Å². The number of hydrogen-bond acceptors (Lipinski definition) is 3. The van der Waals surface area contributed by atoms with Gasteiger partial charge in [-0.3, -0.25) is 9.89 Å². The molecule has 5 nitrogen and oxygen atoms in total. The van der Waals surface area contributed by atoms with Crippen molar-refractivity contribution < 1.29 is 4.74 Å². The van der Waals surface area contributed by atoms with Gasteiger partial charge < -0.3 is 15.4 Å². The SMILES string of the molecule is CCNC(=NCC1CCCO1)NCCN(CC)C1CC1.I. The number of hydrogen-bond donors (Lipinski definition) is 2. The minimum Gasteiger partial charge on any atom is -0.376 e. The molecule has 6 heteroatoms. The summed E-state index contributed by atoms with van der Waals surface area (Å²) in [6.45, 7) is 10.1. The molecule has 1 aliphatic carbocycles. The molecule has 1 saturated heterocycles. The normalized spacial score (nSPS) is 22.2. The van der Waals surface area contributed by atoms with Crippen LogP contribution in [0.5, 0.6) is 0 Å². The Morgan fingerprint density at radius 3 is 2.62 bits per heavy atom. The lowest BCUT2D eigenvalue weighted by atomic mass is 10.2. The molecule has 2 N–H and O–H groups in total. The molecular formula is C15H31IN4O. The van der Waals surface area contributed by atoms with Gasteiger partial charge in [-0.1, -0.05) is 6.92 Å². The molecule has 1 unspecified atom stereocenters. The zero-order valence-electron chi connectivity index (χ0n) is 13.4. The van der Waals surface area contributed by atoms with Gasteiger partial charge in [0.25, 0.3) is 0 Å². The van der Waals surface area contributed by atoms with E-state index in [1.54, 1.807) is 0 Å². The smallest absolute Gasteiger partial charge is 0.191 e. The summed E-state index contributed by atoms with van der Waals surface area (Å²) in [7, 11) is 0. The van der Waals surface area contributed by atoms with Crippen molar-refractivity contribution in [2.24, 2.45) is 4.99 Å². The number of rotatable bonds is 8. The van der Waals surface area contributed by atoms with E-state index in [1.807, 2.05) is 0 Å². The topological polar surface area (TPSA) is 48.9 Å². The van der Waals surface area contributed by atoms with E-state index in [2.05, 4.69) is 34.4 Å².